The third-order valence-corrected chi connectivity index (χ3v) is 5.09. The maximum atomic E-state index is 12.3. The Labute approximate surface area is 185 Å². The van der Waals surface area contributed by atoms with Gasteiger partial charge < -0.3 is 19.6 Å². The predicted molar refractivity (Wildman–Crippen MR) is 123 cm³/mol. The van der Waals surface area contributed by atoms with E-state index in [9.17, 15) is 14.7 Å². The fourth-order valence-corrected chi connectivity index (χ4v) is 3.47. The zero-order valence-electron chi connectivity index (χ0n) is 17.4. The molecule has 4 aromatic rings. The van der Waals surface area contributed by atoms with Gasteiger partial charge in [0.05, 0.1) is 18.2 Å². The average molecular weight is 429 g/mol. The van der Waals surface area contributed by atoms with E-state index in [2.05, 4.69) is 5.32 Å². The molecule has 1 unspecified atom stereocenters. The Morgan fingerprint density at radius 1 is 0.969 bits per heavy atom. The molecular formula is C26H23NO5. The van der Waals surface area contributed by atoms with E-state index < -0.39 is 5.63 Å². The molecule has 0 saturated carbocycles. The highest BCUT2D eigenvalue weighted by molar-refractivity contribution is 5.81. The van der Waals surface area contributed by atoms with E-state index in [1.165, 1.54) is 0 Å². The van der Waals surface area contributed by atoms with Crippen molar-refractivity contribution in [3.05, 3.63) is 101 Å². The highest BCUT2D eigenvalue weighted by Crippen LogP contribution is 2.23. The zero-order valence-corrected chi connectivity index (χ0v) is 17.4. The Morgan fingerprint density at radius 2 is 1.69 bits per heavy atom. The fourth-order valence-electron chi connectivity index (χ4n) is 3.47. The SMILES string of the molecule is O=C(COc1ccc(-c2cc3ccccc3oc2=O)cc1)NC(CO)Cc1ccccc1. The van der Waals surface area contributed by atoms with Gasteiger partial charge in [0.2, 0.25) is 0 Å². The summed E-state index contributed by atoms with van der Waals surface area (Å²) < 4.78 is 10.9. The number of amides is 1. The molecule has 4 rings (SSSR count). The Morgan fingerprint density at radius 3 is 2.44 bits per heavy atom. The van der Waals surface area contributed by atoms with Gasteiger partial charge in [0.25, 0.3) is 5.91 Å². The molecule has 32 heavy (non-hydrogen) atoms. The summed E-state index contributed by atoms with van der Waals surface area (Å²) in [5, 5.41) is 13.2. The van der Waals surface area contributed by atoms with Crippen LogP contribution >= 0.6 is 0 Å². The first-order valence-electron chi connectivity index (χ1n) is 10.3. The molecule has 1 atom stereocenters. The van der Waals surface area contributed by atoms with Gasteiger partial charge in [-0.2, -0.15) is 0 Å². The van der Waals surface area contributed by atoms with E-state index in [4.69, 9.17) is 9.15 Å². The largest absolute Gasteiger partial charge is 0.484 e. The van der Waals surface area contributed by atoms with E-state index in [1.807, 2.05) is 48.5 Å². The van der Waals surface area contributed by atoms with Crippen LogP contribution in [-0.2, 0) is 11.2 Å². The average Bonchev–Trinajstić information content (AvgIpc) is 2.83. The fraction of sp³-hybridized carbons (Fsp3) is 0.154. The minimum Gasteiger partial charge on any atom is -0.484 e. The standard InChI is InChI=1S/C26H23NO5/c28-16-21(14-18-6-2-1-3-7-18)27-25(29)17-31-22-12-10-19(11-13-22)23-15-20-8-4-5-9-24(20)32-26(23)30/h1-13,15,21,28H,14,16-17H2,(H,27,29). The second-order valence-corrected chi connectivity index (χ2v) is 7.44. The van der Waals surface area contributed by atoms with Gasteiger partial charge in [-0.3, -0.25) is 4.79 Å². The number of benzene rings is 3. The van der Waals surface area contributed by atoms with Gasteiger partial charge in [-0.05, 0) is 41.8 Å². The van der Waals surface area contributed by atoms with Crippen molar-refractivity contribution in [3.63, 3.8) is 0 Å². The van der Waals surface area contributed by atoms with Crippen LogP contribution in [0.4, 0.5) is 0 Å². The molecule has 0 spiro atoms. The third kappa shape index (κ3) is 5.22. The summed E-state index contributed by atoms with van der Waals surface area (Å²) in [6.07, 6.45) is 0.534. The lowest BCUT2D eigenvalue weighted by Crippen LogP contribution is -2.41. The summed E-state index contributed by atoms with van der Waals surface area (Å²) in [4.78, 5) is 24.6. The number of carbonyl (C=O) groups excluding carboxylic acids is 1. The maximum Gasteiger partial charge on any atom is 0.344 e. The van der Waals surface area contributed by atoms with Crippen molar-refractivity contribution in [2.75, 3.05) is 13.2 Å². The number of fused-ring (bicyclic) bond motifs is 1. The molecule has 0 bridgehead atoms. The van der Waals surface area contributed by atoms with Gasteiger partial charge in [0.15, 0.2) is 6.61 Å². The number of hydrogen-bond acceptors (Lipinski definition) is 5. The lowest BCUT2D eigenvalue weighted by atomic mass is 10.1. The van der Waals surface area contributed by atoms with Gasteiger partial charge >= 0.3 is 5.63 Å². The molecule has 1 heterocycles. The van der Waals surface area contributed by atoms with Crippen LogP contribution < -0.4 is 15.7 Å². The van der Waals surface area contributed by atoms with Gasteiger partial charge in [-0.15, -0.1) is 0 Å². The van der Waals surface area contributed by atoms with Crippen LogP contribution in [0.1, 0.15) is 5.56 Å². The van der Waals surface area contributed by atoms with E-state index in [0.29, 0.717) is 28.9 Å². The van der Waals surface area contributed by atoms with Crippen LogP contribution in [0.25, 0.3) is 22.1 Å². The van der Waals surface area contributed by atoms with Crippen molar-refractivity contribution in [2.45, 2.75) is 12.5 Å². The Hall–Kier alpha value is -3.90. The highest BCUT2D eigenvalue weighted by atomic mass is 16.5. The Kier molecular flexibility index (Phi) is 6.63. The summed E-state index contributed by atoms with van der Waals surface area (Å²) >= 11 is 0. The molecule has 1 amide bonds. The van der Waals surface area contributed by atoms with E-state index in [0.717, 1.165) is 10.9 Å². The summed E-state index contributed by atoms with van der Waals surface area (Å²) in [6.45, 7) is -0.341. The monoisotopic (exact) mass is 429 g/mol. The van der Waals surface area contributed by atoms with Crippen LogP contribution in [0.15, 0.2) is 94.1 Å². The summed E-state index contributed by atoms with van der Waals surface area (Å²) in [7, 11) is 0. The number of ether oxygens (including phenoxy) is 1. The number of carbonyl (C=O) groups is 1. The quantitative estimate of drug-likeness (QED) is 0.418. The molecule has 0 saturated heterocycles. The first-order chi connectivity index (χ1) is 15.6. The number of hydrogen-bond donors (Lipinski definition) is 2. The van der Waals surface area contributed by atoms with E-state index in [-0.39, 0.29) is 25.2 Å². The van der Waals surface area contributed by atoms with E-state index >= 15 is 0 Å². The van der Waals surface area contributed by atoms with Crippen molar-refractivity contribution in [1.29, 1.82) is 0 Å². The number of para-hydroxylation sites is 1. The smallest absolute Gasteiger partial charge is 0.344 e. The highest BCUT2D eigenvalue weighted by Gasteiger charge is 2.13. The van der Waals surface area contributed by atoms with Crippen molar-refractivity contribution in [1.82, 2.24) is 5.32 Å². The lowest BCUT2D eigenvalue weighted by molar-refractivity contribution is -0.124. The minimum absolute atomic E-state index is 0.163. The maximum absolute atomic E-state index is 12.3. The number of rotatable bonds is 8. The van der Waals surface area contributed by atoms with Crippen molar-refractivity contribution < 1.29 is 19.1 Å². The van der Waals surface area contributed by atoms with Crippen LogP contribution in [0.3, 0.4) is 0 Å². The molecule has 2 N–H and O–H groups in total. The first kappa shape index (κ1) is 21.3. The van der Waals surface area contributed by atoms with Crippen LogP contribution in [0.2, 0.25) is 0 Å². The van der Waals surface area contributed by atoms with Gasteiger partial charge in [0, 0.05) is 5.39 Å². The van der Waals surface area contributed by atoms with Crippen molar-refractivity contribution >= 4 is 16.9 Å². The summed E-state index contributed by atoms with van der Waals surface area (Å²) in [5.74, 6) is 0.178. The second-order valence-electron chi connectivity index (χ2n) is 7.44. The molecule has 6 nitrogen and oxygen atoms in total. The molecular weight excluding hydrogens is 406 g/mol. The molecule has 0 aliphatic heterocycles. The Bertz CT molecular complexity index is 1250. The van der Waals surface area contributed by atoms with Crippen LogP contribution in [-0.4, -0.2) is 30.3 Å². The van der Waals surface area contributed by atoms with Gasteiger partial charge in [0.1, 0.15) is 11.3 Å². The summed E-state index contributed by atoms with van der Waals surface area (Å²) in [6, 6.07) is 25.3. The van der Waals surface area contributed by atoms with Gasteiger partial charge in [-0.25, -0.2) is 4.79 Å². The molecule has 0 aliphatic carbocycles. The normalized spacial score (nSPS) is 11.8. The Balaban J connectivity index is 1.36. The van der Waals surface area contributed by atoms with Crippen molar-refractivity contribution in [3.8, 4) is 16.9 Å². The second kappa shape index (κ2) is 9.94. The molecule has 162 valence electrons. The summed E-state index contributed by atoms with van der Waals surface area (Å²) in [5.41, 5.74) is 2.32. The molecule has 0 aliphatic rings. The molecule has 6 heteroatoms. The third-order valence-electron chi connectivity index (χ3n) is 5.09. The topological polar surface area (TPSA) is 88.8 Å². The van der Waals surface area contributed by atoms with Crippen molar-refractivity contribution in [2.24, 2.45) is 0 Å². The van der Waals surface area contributed by atoms with Gasteiger partial charge in [-0.1, -0.05) is 60.7 Å². The van der Waals surface area contributed by atoms with E-state index in [1.54, 1.807) is 36.4 Å². The van der Waals surface area contributed by atoms with Crippen LogP contribution in [0, 0.1) is 0 Å². The zero-order chi connectivity index (χ0) is 22.3. The lowest BCUT2D eigenvalue weighted by Gasteiger charge is -2.16. The molecule has 1 aromatic heterocycles. The number of aliphatic hydroxyl groups is 1. The first-order valence-corrected chi connectivity index (χ1v) is 10.3. The van der Waals surface area contributed by atoms with Crippen LogP contribution in [0.5, 0.6) is 5.75 Å². The molecule has 3 aromatic carbocycles. The predicted octanol–water partition coefficient (Wildman–Crippen LogP) is 3.56. The molecule has 0 fully saturated rings. The number of nitrogens with one attached hydrogen (secondary N) is 1. The minimum atomic E-state index is -0.412. The number of aliphatic hydroxyl groups excluding tert-OH is 1. The molecule has 0 radical (unpaired) electrons.